The van der Waals surface area contributed by atoms with Crippen molar-refractivity contribution in [1.29, 1.82) is 0 Å². The van der Waals surface area contributed by atoms with Gasteiger partial charge in [0.1, 0.15) is 0 Å². The summed E-state index contributed by atoms with van der Waals surface area (Å²) >= 11 is 0. The minimum atomic E-state index is 0. The molecule has 2 heterocycles. The Bertz CT molecular complexity index is 321. The third-order valence-electron chi connectivity index (χ3n) is 4.38. The Morgan fingerprint density at radius 2 is 2.24 bits per heavy atom. The second kappa shape index (κ2) is 9.84. The van der Waals surface area contributed by atoms with Crippen molar-refractivity contribution in [1.82, 2.24) is 15.1 Å². The molecule has 2 aliphatic rings. The fourth-order valence-corrected chi connectivity index (χ4v) is 3.07. The predicted molar refractivity (Wildman–Crippen MR) is 98.6 cm³/mol. The minimum absolute atomic E-state index is 0. The highest BCUT2D eigenvalue weighted by Gasteiger charge is 2.22. The van der Waals surface area contributed by atoms with Gasteiger partial charge in [0.05, 0.1) is 13.2 Å². The zero-order chi connectivity index (χ0) is 14.4. The smallest absolute Gasteiger partial charge is 0.193 e. The first-order valence-corrected chi connectivity index (χ1v) is 7.98. The number of aliphatic imine (C=N–C) groups is 1. The van der Waals surface area contributed by atoms with Crippen LogP contribution in [0.3, 0.4) is 0 Å². The molecule has 0 aromatic heterocycles. The van der Waals surface area contributed by atoms with Gasteiger partial charge in [0.2, 0.25) is 0 Å². The van der Waals surface area contributed by atoms with Crippen LogP contribution in [0.4, 0.5) is 0 Å². The van der Waals surface area contributed by atoms with E-state index in [4.69, 9.17) is 9.73 Å². The molecule has 0 saturated carbocycles. The zero-order valence-electron chi connectivity index (χ0n) is 13.7. The van der Waals surface area contributed by atoms with Crippen LogP contribution in [-0.4, -0.2) is 75.3 Å². The largest absolute Gasteiger partial charge is 0.381 e. The quantitative estimate of drug-likeness (QED) is 0.425. The Balaban J connectivity index is 0.00000220. The third-order valence-corrected chi connectivity index (χ3v) is 4.38. The molecule has 5 nitrogen and oxygen atoms in total. The van der Waals surface area contributed by atoms with Gasteiger partial charge in [0, 0.05) is 38.7 Å². The van der Waals surface area contributed by atoms with Crippen molar-refractivity contribution < 1.29 is 4.74 Å². The van der Waals surface area contributed by atoms with Crippen LogP contribution in [0.25, 0.3) is 0 Å². The highest BCUT2D eigenvalue weighted by atomic mass is 127. The molecule has 2 aliphatic heterocycles. The second-order valence-electron chi connectivity index (χ2n) is 6.08. The van der Waals surface area contributed by atoms with Crippen LogP contribution >= 0.6 is 24.0 Å². The van der Waals surface area contributed by atoms with Crippen LogP contribution in [0, 0.1) is 5.92 Å². The number of guanidine groups is 1. The molecule has 2 rings (SSSR count). The number of hydrogen-bond donors (Lipinski definition) is 1. The summed E-state index contributed by atoms with van der Waals surface area (Å²) in [6.45, 7) is 8.02. The normalized spacial score (nSPS) is 26.7. The highest BCUT2D eigenvalue weighted by molar-refractivity contribution is 14.0. The van der Waals surface area contributed by atoms with Crippen molar-refractivity contribution >= 4 is 29.9 Å². The van der Waals surface area contributed by atoms with E-state index in [1.807, 2.05) is 0 Å². The standard InChI is InChI=1S/C15H30N4O.HI/c1-4-16-15(17-10-14-6-5-8-18(14)2)19(3)11-13-7-9-20-12-13;/h13-14H,4-12H2,1-3H3,(H,16,17);1H. The molecule has 0 spiro atoms. The van der Waals surface area contributed by atoms with E-state index in [1.165, 1.54) is 25.8 Å². The minimum Gasteiger partial charge on any atom is -0.381 e. The summed E-state index contributed by atoms with van der Waals surface area (Å²) in [6.07, 6.45) is 3.76. The van der Waals surface area contributed by atoms with Crippen LogP contribution in [0.1, 0.15) is 26.2 Å². The summed E-state index contributed by atoms with van der Waals surface area (Å²) in [7, 11) is 4.35. The molecular formula is C15H31IN4O. The van der Waals surface area contributed by atoms with Gasteiger partial charge in [-0.2, -0.15) is 0 Å². The molecule has 6 heteroatoms. The van der Waals surface area contributed by atoms with E-state index in [-0.39, 0.29) is 24.0 Å². The maximum atomic E-state index is 5.46. The molecule has 2 saturated heterocycles. The third kappa shape index (κ3) is 5.90. The maximum absolute atomic E-state index is 5.46. The molecule has 1 N–H and O–H groups in total. The summed E-state index contributed by atoms with van der Waals surface area (Å²) in [4.78, 5) is 9.53. The van der Waals surface area contributed by atoms with Crippen LogP contribution in [0.15, 0.2) is 4.99 Å². The molecule has 2 atom stereocenters. The molecule has 0 radical (unpaired) electrons. The number of rotatable bonds is 5. The first-order valence-electron chi connectivity index (χ1n) is 7.98. The summed E-state index contributed by atoms with van der Waals surface area (Å²) < 4.78 is 5.46. The number of nitrogens with zero attached hydrogens (tertiary/aromatic N) is 3. The fraction of sp³-hybridized carbons (Fsp3) is 0.933. The van der Waals surface area contributed by atoms with E-state index in [9.17, 15) is 0 Å². The van der Waals surface area contributed by atoms with Crippen molar-refractivity contribution in [3.05, 3.63) is 0 Å². The number of halogens is 1. The van der Waals surface area contributed by atoms with E-state index < -0.39 is 0 Å². The van der Waals surface area contributed by atoms with E-state index in [0.29, 0.717) is 12.0 Å². The van der Waals surface area contributed by atoms with E-state index in [0.717, 1.165) is 38.8 Å². The molecule has 0 bridgehead atoms. The number of nitrogens with one attached hydrogen (secondary N) is 1. The Hall–Kier alpha value is -0.0800. The van der Waals surface area contributed by atoms with Gasteiger partial charge < -0.3 is 19.9 Å². The first-order chi connectivity index (χ1) is 9.70. The zero-order valence-corrected chi connectivity index (χ0v) is 16.0. The SMILES string of the molecule is CCNC(=NCC1CCCN1C)N(C)CC1CCOC1.I. The molecule has 0 amide bonds. The fourth-order valence-electron chi connectivity index (χ4n) is 3.07. The number of likely N-dealkylation sites (N-methyl/N-ethyl adjacent to an activating group) is 1. The number of ether oxygens (including phenoxy) is 1. The number of hydrogen-bond acceptors (Lipinski definition) is 3. The lowest BCUT2D eigenvalue weighted by molar-refractivity contribution is 0.181. The molecule has 21 heavy (non-hydrogen) atoms. The summed E-state index contributed by atoms with van der Waals surface area (Å²) in [5.41, 5.74) is 0. The topological polar surface area (TPSA) is 40.1 Å². The van der Waals surface area contributed by atoms with Gasteiger partial charge in [-0.15, -0.1) is 24.0 Å². The van der Waals surface area contributed by atoms with Crippen molar-refractivity contribution in [2.45, 2.75) is 32.2 Å². The monoisotopic (exact) mass is 410 g/mol. The summed E-state index contributed by atoms with van der Waals surface area (Å²) in [6, 6.07) is 0.617. The lowest BCUT2D eigenvalue weighted by atomic mass is 10.1. The van der Waals surface area contributed by atoms with Crippen molar-refractivity contribution in [3.8, 4) is 0 Å². The van der Waals surface area contributed by atoms with E-state index >= 15 is 0 Å². The molecule has 2 fully saturated rings. The average molecular weight is 410 g/mol. The molecule has 124 valence electrons. The molecule has 2 unspecified atom stereocenters. The van der Waals surface area contributed by atoms with E-state index in [1.54, 1.807) is 0 Å². The molecule has 0 aromatic carbocycles. The van der Waals surface area contributed by atoms with Gasteiger partial charge in [0.25, 0.3) is 0 Å². The van der Waals surface area contributed by atoms with Gasteiger partial charge in [0.15, 0.2) is 5.96 Å². The molecule has 0 aliphatic carbocycles. The Morgan fingerprint density at radius 3 is 2.81 bits per heavy atom. The Kier molecular flexibility index (Phi) is 8.89. The number of likely N-dealkylation sites (tertiary alicyclic amines) is 1. The lowest BCUT2D eigenvalue weighted by Crippen LogP contribution is -2.42. The van der Waals surface area contributed by atoms with Crippen LogP contribution in [0.5, 0.6) is 0 Å². The Labute approximate surface area is 146 Å². The molecular weight excluding hydrogens is 379 g/mol. The van der Waals surface area contributed by atoms with Gasteiger partial charge in [-0.25, -0.2) is 0 Å². The Morgan fingerprint density at radius 1 is 1.43 bits per heavy atom. The van der Waals surface area contributed by atoms with Crippen molar-refractivity contribution in [3.63, 3.8) is 0 Å². The van der Waals surface area contributed by atoms with E-state index in [2.05, 4.69) is 36.1 Å². The average Bonchev–Trinajstić information content (AvgIpc) is 3.06. The second-order valence-corrected chi connectivity index (χ2v) is 6.08. The first kappa shape index (κ1) is 19.0. The van der Waals surface area contributed by atoms with Gasteiger partial charge >= 0.3 is 0 Å². The lowest BCUT2D eigenvalue weighted by Gasteiger charge is -2.25. The summed E-state index contributed by atoms with van der Waals surface area (Å²) in [5, 5.41) is 3.41. The van der Waals surface area contributed by atoms with Crippen LogP contribution < -0.4 is 5.32 Å². The van der Waals surface area contributed by atoms with Crippen LogP contribution in [-0.2, 0) is 4.74 Å². The van der Waals surface area contributed by atoms with Gasteiger partial charge in [-0.3, -0.25) is 4.99 Å². The van der Waals surface area contributed by atoms with Crippen molar-refractivity contribution in [2.24, 2.45) is 10.9 Å². The highest BCUT2D eigenvalue weighted by Crippen LogP contribution is 2.15. The van der Waals surface area contributed by atoms with Crippen molar-refractivity contribution in [2.75, 3.05) is 53.5 Å². The summed E-state index contributed by atoms with van der Waals surface area (Å²) in [5.74, 6) is 1.69. The predicted octanol–water partition coefficient (Wildman–Crippen LogP) is 1.63. The maximum Gasteiger partial charge on any atom is 0.193 e. The van der Waals surface area contributed by atoms with Gasteiger partial charge in [-0.1, -0.05) is 0 Å². The van der Waals surface area contributed by atoms with Crippen LogP contribution in [0.2, 0.25) is 0 Å². The molecule has 0 aromatic rings. The van der Waals surface area contributed by atoms with Gasteiger partial charge in [-0.05, 0) is 39.8 Å².